The monoisotopic (exact) mass is 220 g/mol. The first-order valence-electron chi connectivity index (χ1n) is 5.48. The maximum Gasteiger partial charge on any atom is 0.255 e. The minimum absolute atomic E-state index is 0.0642. The lowest BCUT2D eigenvalue weighted by atomic mass is 10.1. The number of aryl methyl sites for hydroxylation is 1. The Balaban J connectivity index is 1.89. The van der Waals surface area contributed by atoms with Crippen LogP contribution in [-0.2, 0) is 0 Å². The summed E-state index contributed by atoms with van der Waals surface area (Å²) in [6.07, 6.45) is 4.67. The normalized spacial score (nSPS) is 15.7. The Morgan fingerprint density at radius 3 is 3.12 bits per heavy atom. The van der Waals surface area contributed by atoms with Crippen molar-refractivity contribution in [2.75, 3.05) is 19.6 Å². The molecule has 86 valence electrons. The Kier molecular flexibility index (Phi) is 3.41. The van der Waals surface area contributed by atoms with Gasteiger partial charge in [-0.15, -0.1) is 0 Å². The van der Waals surface area contributed by atoms with E-state index in [-0.39, 0.29) is 5.91 Å². The predicted molar refractivity (Wildman–Crippen MR) is 61.3 cm³/mol. The molecule has 0 saturated carbocycles. The van der Waals surface area contributed by atoms with Gasteiger partial charge in [0.15, 0.2) is 0 Å². The largest absolute Gasteiger partial charge is 0.469 e. The van der Waals surface area contributed by atoms with Crippen LogP contribution < -0.4 is 10.6 Å². The SMILES string of the molecule is Cc1occc1C(=O)NCC1=CCNCC1. The Labute approximate surface area is 94.7 Å². The summed E-state index contributed by atoms with van der Waals surface area (Å²) in [6.45, 7) is 4.31. The third-order valence-corrected chi connectivity index (χ3v) is 2.74. The van der Waals surface area contributed by atoms with Crippen LogP contribution in [0.4, 0.5) is 0 Å². The van der Waals surface area contributed by atoms with Crippen molar-refractivity contribution in [2.45, 2.75) is 13.3 Å². The first-order chi connectivity index (χ1) is 7.77. The molecule has 4 nitrogen and oxygen atoms in total. The Morgan fingerprint density at radius 2 is 2.50 bits per heavy atom. The highest BCUT2D eigenvalue weighted by molar-refractivity contribution is 5.95. The number of nitrogens with one attached hydrogen (secondary N) is 2. The fourth-order valence-electron chi connectivity index (χ4n) is 1.74. The molecular weight excluding hydrogens is 204 g/mol. The zero-order valence-electron chi connectivity index (χ0n) is 9.38. The van der Waals surface area contributed by atoms with E-state index in [0.717, 1.165) is 19.5 Å². The second kappa shape index (κ2) is 4.99. The number of carbonyl (C=O) groups excluding carboxylic acids is 1. The van der Waals surface area contributed by atoms with Crippen LogP contribution in [0.25, 0.3) is 0 Å². The van der Waals surface area contributed by atoms with Crippen molar-refractivity contribution in [1.29, 1.82) is 0 Å². The number of amides is 1. The zero-order valence-corrected chi connectivity index (χ0v) is 9.38. The minimum Gasteiger partial charge on any atom is -0.469 e. The molecule has 0 spiro atoms. The molecule has 0 radical (unpaired) electrons. The number of hydrogen-bond donors (Lipinski definition) is 2. The highest BCUT2D eigenvalue weighted by Gasteiger charge is 2.11. The highest BCUT2D eigenvalue weighted by atomic mass is 16.3. The molecule has 2 heterocycles. The first kappa shape index (κ1) is 11.0. The summed E-state index contributed by atoms with van der Waals surface area (Å²) in [7, 11) is 0. The van der Waals surface area contributed by atoms with Crippen LogP contribution in [0.5, 0.6) is 0 Å². The Hall–Kier alpha value is -1.55. The van der Waals surface area contributed by atoms with Crippen LogP contribution >= 0.6 is 0 Å². The molecule has 1 aliphatic rings. The quantitative estimate of drug-likeness (QED) is 0.753. The van der Waals surface area contributed by atoms with Gasteiger partial charge in [-0.3, -0.25) is 4.79 Å². The van der Waals surface area contributed by atoms with Gasteiger partial charge in [0.05, 0.1) is 11.8 Å². The molecule has 2 rings (SSSR count). The van der Waals surface area contributed by atoms with Gasteiger partial charge in [0.2, 0.25) is 0 Å². The lowest BCUT2D eigenvalue weighted by Gasteiger charge is -2.14. The molecule has 1 aromatic heterocycles. The van der Waals surface area contributed by atoms with E-state index in [1.807, 2.05) is 0 Å². The lowest BCUT2D eigenvalue weighted by Crippen LogP contribution is -2.29. The minimum atomic E-state index is -0.0642. The molecule has 0 bridgehead atoms. The van der Waals surface area contributed by atoms with Gasteiger partial charge in [0.1, 0.15) is 5.76 Å². The van der Waals surface area contributed by atoms with Gasteiger partial charge < -0.3 is 15.1 Å². The fourth-order valence-corrected chi connectivity index (χ4v) is 1.74. The molecule has 0 fully saturated rings. The molecule has 0 aromatic carbocycles. The highest BCUT2D eigenvalue weighted by Crippen LogP contribution is 2.09. The molecule has 0 atom stereocenters. The predicted octanol–water partition coefficient (Wildman–Crippen LogP) is 1.24. The third-order valence-electron chi connectivity index (χ3n) is 2.74. The van der Waals surface area contributed by atoms with Crippen LogP contribution in [-0.4, -0.2) is 25.5 Å². The van der Waals surface area contributed by atoms with Crippen LogP contribution in [0.3, 0.4) is 0 Å². The molecule has 1 aliphatic heterocycles. The van der Waals surface area contributed by atoms with E-state index in [2.05, 4.69) is 16.7 Å². The summed E-state index contributed by atoms with van der Waals surface area (Å²) >= 11 is 0. The second-order valence-corrected chi connectivity index (χ2v) is 3.89. The van der Waals surface area contributed by atoms with Gasteiger partial charge in [-0.2, -0.15) is 0 Å². The zero-order chi connectivity index (χ0) is 11.4. The summed E-state index contributed by atoms with van der Waals surface area (Å²) in [4.78, 5) is 11.8. The van der Waals surface area contributed by atoms with E-state index in [1.165, 1.54) is 11.8 Å². The Morgan fingerprint density at radius 1 is 1.62 bits per heavy atom. The number of hydrogen-bond acceptors (Lipinski definition) is 3. The van der Waals surface area contributed by atoms with Gasteiger partial charge in [0, 0.05) is 13.1 Å². The van der Waals surface area contributed by atoms with Crippen molar-refractivity contribution in [3.63, 3.8) is 0 Å². The van der Waals surface area contributed by atoms with Crippen LogP contribution in [0, 0.1) is 6.92 Å². The molecule has 0 aliphatic carbocycles. The van der Waals surface area contributed by atoms with Gasteiger partial charge >= 0.3 is 0 Å². The average molecular weight is 220 g/mol. The maximum atomic E-state index is 11.8. The molecule has 0 unspecified atom stereocenters. The maximum absolute atomic E-state index is 11.8. The average Bonchev–Trinajstić information content (AvgIpc) is 2.74. The smallest absolute Gasteiger partial charge is 0.255 e. The fraction of sp³-hybridized carbons (Fsp3) is 0.417. The summed E-state index contributed by atoms with van der Waals surface area (Å²) < 4.78 is 5.09. The summed E-state index contributed by atoms with van der Waals surface area (Å²) in [5.74, 6) is 0.600. The summed E-state index contributed by atoms with van der Waals surface area (Å²) in [5.41, 5.74) is 1.91. The van der Waals surface area contributed by atoms with Gasteiger partial charge in [-0.05, 0) is 26.0 Å². The summed E-state index contributed by atoms with van der Waals surface area (Å²) in [5, 5.41) is 6.14. The molecule has 1 aromatic rings. The van der Waals surface area contributed by atoms with E-state index in [9.17, 15) is 4.79 Å². The van der Waals surface area contributed by atoms with Gasteiger partial charge in [-0.25, -0.2) is 0 Å². The second-order valence-electron chi connectivity index (χ2n) is 3.89. The van der Waals surface area contributed by atoms with Crippen LogP contribution in [0.1, 0.15) is 22.5 Å². The summed E-state index contributed by atoms with van der Waals surface area (Å²) in [6, 6.07) is 1.70. The number of furan rings is 1. The molecule has 2 N–H and O–H groups in total. The van der Waals surface area contributed by atoms with Crippen molar-refractivity contribution in [1.82, 2.24) is 10.6 Å². The van der Waals surface area contributed by atoms with Gasteiger partial charge in [0.25, 0.3) is 5.91 Å². The van der Waals surface area contributed by atoms with E-state index < -0.39 is 0 Å². The molecule has 4 heteroatoms. The molecular formula is C12H16N2O2. The molecule has 1 amide bonds. The van der Waals surface area contributed by atoms with E-state index in [4.69, 9.17) is 4.42 Å². The van der Waals surface area contributed by atoms with Crippen molar-refractivity contribution in [3.8, 4) is 0 Å². The third kappa shape index (κ3) is 2.52. The van der Waals surface area contributed by atoms with E-state index in [0.29, 0.717) is 17.9 Å². The van der Waals surface area contributed by atoms with E-state index in [1.54, 1.807) is 13.0 Å². The standard InChI is InChI=1S/C12H16N2O2/c1-9-11(4-7-16-9)12(15)14-8-10-2-5-13-6-3-10/h2,4,7,13H,3,5-6,8H2,1H3,(H,14,15). The van der Waals surface area contributed by atoms with Crippen molar-refractivity contribution in [2.24, 2.45) is 0 Å². The molecule has 0 saturated heterocycles. The number of carbonyl (C=O) groups is 1. The Bertz CT molecular complexity index is 407. The first-order valence-corrected chi connectivity index (χ1v) is 5.48. The van der Waals surface area contributed by atoms with Gasteiger partial charge in [-0.1, -0.05) is 11.6 Å². The van der Waals surface area contributed by atoms with Crippen LogP contribution in [0.2, 0.25) is 0 Å². The van der Waals surface area contributed by atoms with Crippen LogP contribution in [0.15, 0.2) is 28.4 Å². The van der Waals surface area contributed by atoms with Crippen molar-refractivity contribution < 1.29 is 9.21 Å². The topological polar surface area (TPSA) is 54.3 Å². The van der Waals surface area contributed by atoms with Crippen molar-refractivity contribution >= 4 is 5.91 Å². The number of rotatable bonds is 3. The van der Waals surface area contributed by atoms with E-state index >= 15 is 0 Å². The van der Waals surface area contributed by atoms with Crippen molar-refractivity contribution in [3.05, 3.63) is 35.3 Å². The lowest BCUT2D eigenvalue weighted by molar-refractivity contribution is 0.0955. The molecule has 16 heavy (non-hydrogen) atoms.